The van der Waals surface area contributed by atoms with Crippen molar-refractivity contribution in [2.75, 3.05) is 13.2 Å². The van der Waals surface area contributed by atoms with Crippen LogP contribution in [0.25, 0.3) is 11.3 Å². The van der Waals surface area contributed by atoms with Crippen LogP contribution in [0.2, 0.25) is 0 Å². The molecular weight excluding hydrogens is 296 g/mol. The first-order valence-corrected chi connectivity index (χ1v) is 7.50. The first kappa shape index (κ1) is 15.4. The van der Waals surface area contributed by atoms with Crippen LogP contribution in [0.4, 0.5) is 0 Å². The average Bonchev–Trinajstić information content (AvgIpc) is 2.86. The van der Waals surface area contributed by atoms with Crippen molar-refractivity contribution >= 4 is 0 Å². The van der Waals surface area contributed by atoms with Crippen LogP contribution >= 0.6 is 0 Å². The molecule has 5 nitrogen and oxygen atoms in total. The fourth-order valence-corrected chi connectivity index (χ4v) is 2.23. The maximum absolute atomic E-state index is 11.4. The molecule has 0 saturated heterocycles. The molecule has 3 rings (SSSR count). The number of para-hydroxylation sites is 1. The molecule has 0 aromatic heterocycles. The zero-order valence-electron chi connectivity index (χ0n) is 12.9. The van der Waals surface area contributed by atoms with E-state index in [1.165, 1.54) is 6.26 Å². The molecule has 5 heteroatoms. The molecule has 2 aliphatic rings. The van der Waals surface area contributed by atoms with Gasteiger partial charge in [0.2, 0.25) is 0 Å². The van der Waals surface area contributed by atoms with E-state index in [-0.39, 0.29) is 5.63 Å². The van der Waals surface area contributed by atoms with E-state index in [1.54, 1.807) is 13.0 Å². The summed E-state index contributed by atoms with van der Waals surface area (Å²) in [5.74, 6) is 1.98. The highest BCUT2D eigenvalue weighted by Gasteiger charge is 2.15. The topological polar surface area (TPSA) is 61.8 Å². The summed E-state index contributed by atoms with van der Waals surface area (Å²) in [6.45, 7) is 3.25. The van der Waals surface area contributed by atoms with Gasteiger partial charge in [0.05, 0.1) is 13.2 Å². The lowest BCUT2D eigenvalue weighted by Gasteiger charge is -2.07. The molecule has 0 aliphatic carbocycles. The molecule has 0 saturated carbocycles. The van der Waals surface area contributed by atoms with Gasteiger partial charge in [0.15, 0.2) is 5.76 Å². The molecule has 0 amide bonds. The summed E-state index contributed by atoms with van der Waals surface area (Å²) in [5.41, 5.74) is 1.03. The van der Waals surface area contributed by atoms with Crippen molar-refractivity contribution in [3.8, 4) is 17.1 Å². The van der Waals surface area contributed by atoms with E-state index in [0.717, 1.165) is 17.7 Å². The number of furan rings is 1. The largest absolute Gasteiger partial charge is 0.494 e. The smallest absolute Gasteiger partial charge is 0.339 e. The van der Waals surface area contributed by atoms with Gasteiger partial charge in [-0.25, -0.2) is 4.79 Å². The maximum atomic E-state index is 11.4. The highest BCUT2D eigenvalue weighted by atomic mass is 16.5. The Morgan fingerprint density at radius 3 is 2.78 bits per heavy atom. The number of hydrogen-bond acceptors (Lipinski definition) is 5. The lowest BCUT2D eigenvalue weighted by molar-refractivity contribution is 0.0932. The van der Waals surface area contributed by atoms with Gasteiger partial charge in [-0.1, -0.05) is 18.2 Å². The van der Waals surface area contributed by atoms with Crippen LogP contribution in [0.1, 0.15) is 17.7 Å². The SMILES string of the molecule is Cc1c2cc(COCCCOc3ccccc3)occ-2oc1=O. The molecule has 2 heterocycles. The number of fused-ring (bicyclic) bond motifs is 1. The van der Waals surface area contributed by atoms with Crippen LogP contribution in [0, 0.1) is 6.92 Å². The van der Waals surface area contributed by atoms with Gasteiger partial charge >= 0.3 is 5.63 Å². The lowest BCUT2D eigenvalue weighted by atomic mass is 10.1. The molecule has 2 aliphatic heterocycles. The van der Waals surface area contributed by atoms with Crippen molar-refractivity contribution in [1.29, 1.82) is 0 Å². The number of rotatable bonds is 7. The third-order valence-electron chi connectivity index (χ3n) is 3.49. The molecule has 23 heavy (non-hydrogen) atoms. The van der Waals surface area contributed by atoms with Gasteiger partial charge in [0.25, 0.3) is 0 Å². The van der Waals surface area contributed by atoms with Crippen molar-refractivity contribution in [1.82, 2.24) is 0 Å². The van der Waals surface area contributed by atoms with E-state index in [0.29, 0.717) is 36.9 Å². The monoisotopic (exact) mass is 314 g/mol. The van der Waals surface area contributed by atoms with Crippen LogP contribution in [-0.2, 0) is 11.3 Å². The molecule has 0 fully saturated rings. The maximum Gasteiger partial charge on any atom is 0.339 e. The average molecular weight is 314 g/mol. The van der Waals surface area contributed by atoms with Gasteiger partial charge in [-0.3, -0.25) is 0 Å². The van der Waals surface area contributed by atoms with E-state index < -0.39 is 0 Å². The fourth-order valence-electron chi connectivity index (χ4n) is 2.23. The first-order valence-electron chi connectivity index (χ1n) is 7.50. The Hall–Kier alpha value is -2.53. The van der Waals surface area contributed by atoms with Crippen molar-refractivity contribution in [3.05, 3.63) is 64.4 Å². The van der Waals surface area contributed by atoms with Crippen molar-refractivity contribution in [2.45, 2.75) is 20.0 Å². The van der Waals surface area contributed by atoms with E-state index in [4.69, 9.17) is 18.3 Å². The molecule has 0 atom stereocenters. The number of hydrogen-bond donors (Lipinski definition) is 0. The Morgan fingerprint density at radius 1 is 1.13 bits per heavy atom. The van der Waals surface area contributed by atoms with Crippen LogP contribution in [0.15, 0.2) is 56.3 Å². The Kier molecular flexibility index (Phi) is 4.78. The minimum Gasteiger partial charge on any atom is -0.494 e. The first-order chi connectivity index (χ1) is 11.2. The minimum atomic E-state index is -0.327. The molecule has 1 aromatic carbocycles. The Balaban J connectivity index is 1.43. The predicted molar refractivity (Wildman–Crippen MR) is 84.8 cm³/mol. The quantitative estimate of drug-likeness (QED) is 0.623. The third-order valence-corrected chi connectivity index (χ3v) is 3.49. The summed E-state index contributed by atoms with van der Waals surface area (Å²) >= 11 is 0. The van der Waals surface area contributed by atoms with Crippen LogP contribution in [0.3, 0.4) is 0 Å². The number of ether oxygens (including phenoxy) is 2. The highest BCUT2D eigenvalue weighted by Crippen LogP contribution is 2.25. The Morgan fingerprint density at radius 2 is 1.96 bits per heavy atom. The molecule has 0 spiro atoms. The van der Waals surface area contributed by atoms with Gasteiger partial charge < -0.3 is 18.3 Å². The van der Waals surface area contributed by atoms with Gasteiger partial charge in [0.1, 0.15) is 24.4 Å². The van der Waals surface area contributed by atoms with Crippen molar-refractivity contribution in [2.24, 2.45) is 0 Å². The van der Waals surface area contributed by atoms with Crippen LogP contribution in [-0.4, -0.2) is 13.2 Å². The summed E-state index contributed by atoms with van der Waals surface area (Å²) < 4.78 is 21.6. The Labute approximate surface area is 133 Å². The normalized spacial score (nSPS) is 11.0. The second kappa shape index (κ2) is 7.15. The van der Waals surface area contributed by atoms with Gasteiger partial charge in [-0.15, -0.1) is 0 Å². The molecule has 0 bridgehead atoms. The van der Waals surface area contributed by atoms with Gasteiger partial charge in [-0.05, 0) is 25.1 Å². The zero-order valence-corrected chi connectivity index (χ0v) is 12.9. The van der Waals surface area contributed by atoms with Gasteiger partial charge in [-0.2, -0.15) is 0 Å². The van der Waals surface area contributed by atoms with E-state index in [1.807, 2.05) is 30.3 Å². The summed E-state index contributed by atoms with van der Waals surface area (Å²) in [4.78, 5) is 11.4. The third kappa shape index (κ3) is 3.81. The van der Waals surface area contributed by atoms with Gasteiger partial charge in [0, 0.05) is 17.5 Å². The summed E-state index contributed by atoms with van der Waals surface area (Å²) in [7, 11) is 0. The Bertz CT molecular complexity index is 772. The zero-order chi connectivity index (χ0) is 16.1. The minimum absolute atomic E-state index is 0.327. The van der Waals surface area contributed by atoms with Crippen LogP contribution < -0.4 is 10.4 Å². The molecule has 0 N–H and O–H groups in total. The molecule has 0 radical (unpaired) electrons. The lowest BCUT2D eigenvalue weighted by Crippen LogP contribution is -2.03. The summed E-state index contributed by atoms with van der Waals surface area (Å²) in [6.07, 6.45) is 2.23. The highest BCUT2D eigenvalue weighted by molar-refractivity contribution is 5.61. The second-order valence-electron chi connectivity index (χ2n) is 5.21. The van der Waals surface area contributed by atoms with E-state index in [2.05, 4.69) is 0 Å². The standard InChI is InChI=1S/C18H18O5/c1-13-16-10-15(22-12-17(16)23-18(13)19)11-20-8-5-9-21-14-6-3-2-4-7-14/h2-4,6-7,10,12H,5,8-9,11H2,1H3. The van der Waals surface area contributed by atoms with Crippen molar-refractivity contribution < 1.29 is 18.3 Å². The summed E-state index contributed by atoms with van der Waals surface area (Å²) in [6, 6.07) is 11.5. The molecule has 120 valence electrons. The molecular formula is C18H18O5. The molecule has 0 unspecified atom stereocenters. The van der Waals surface area contributed by atoms with E-state index >= 15 is 0 Å². The summed E-state index contributed by atoms with van der Waals surface area (Å²) in [5, 5.41) is 0. The number of benzene rings is 1. The van der Waals surface area contributed by atoms with Crippen LogP contribution in [0.5, 0.6) is 5.75 Å². The van der Waals surface area contributed by atoms with Crippen molar-refractivity contribution in [3.63, 3.8) is 0 Å². The predicted octanol–water partition coefficient (Wildman–Crippen LogP) is 3.63. The van der Waals surface area contributed by atoms with E-state index in [9.17, 15) is 4.79 Å². The molecule has 1 aromatic rings. The second-order valence-corrected chi connectivity index (χ2v) is 5.21. The fraction of sp³-hybridized carbons (Fsp3) is 0.278.